The van der Waals surface area contributed by atoms with E-state index in [0.29, 0.717) is 42.9 Å². The van der Waals surface area contributed by atoms with Crippen LogP contribution in [0.1, 0.15) is 24.0 Å². The zero-order chi connectivity index (χ0) is 21.5. The number of phenolic OH excluding ortho intramolecular Hbond substituents is 1. The van der Waals surface area contributed by atoms with E-state index < -0.39 is 0 Å². The SMILES string of the molecule is Oc1ccc(CCNc2nc(NCCc3ccccc3F)nc(N3CCCC3)n2)cc1. The van der Waals surface area contributed by atoms with Crippen LogP contribution in [0.4, 0.5) is 22.2 Å². The molecule has 1 saturated heterocycles. The molecule has 3 N–H and O–H groups in total. The van der Waals surface area contributed by atoms with Gasteiger partial charge in [-0.1, -0.05) is 30.3 Å². The molecule has 0 amide bonds. The highest BCUT2D eigenvalue weighted by molar-refractivity contribution is 5.44. The Labute approximate surface area is 181 Å². The van der Waals surface area contributed by atoms with E-state index >= 15 is 0 Å². The van der Waals surface area contributed by atoms with Crippen molar-refractivity contribution in [3.63, 3.8) is 0 Å². The molecule has 0 spiro atoms. The maximum atomic E-state index is 13.8. The smallest absolute Gasteiger partial charge is 0.231 e. The number of hydrogen-bond acceptors (Lipinski definition) is 7. The highest BCUT2D eigenvalue weighted by atomic mass is 19.1. The summed E-state index contributed by atoms with van der Waals surface area (Å²) in [7, 11) is 0. The molecule has 1 fully saturated rings. The Morgan fingerprint density at radius 2 is 1.48 bits per heavy atom. The molecule has 0 atom stereocenters. The van der Waals surface area contributed by atoms with E-state index in [1.54, 1.807) is 24.3 Å². The van der Waals surface area contributed by atoms with Gasteiger partial charge >= 0.3 is 0 Å². The Morgan fingerprint density at radius 3 is 2.16 bits per heavy atom. The monoisotopic (exact) mass is 422 g/mol. The van der Waals surface area contributed by atoms with Gasteiger partial charge in [-0.05, 0) is 55.0 Å². The van der Waals surface area contributed by atoms with Gasteiger partial charge < -0.3 is 20.6 Å². The Balaban J connectivity index is 1.40. The van der Waals surface area contributed by atoms with Crippen LogP contribution in [0, 0.1) is 5.82 Å². The van der Waals surface area contributed by atoms with Crippen molar-refractivity contribution < 1.29 is 9.50 Å². The van der Waals surface area contributed by atoms with Crippen molar-refractivity contribution in [2.24, 2.45) is 0 Å². The van der Waals surface area contributed by atoms with Gasteiger partial charge in [0, 0.05) is 26.2 Å². The van der Waals surface area contributed by atoms with Gasteiger partial charge in [0.05, 0.1) is 0 Å². The summed E-state index contributed by atoms with van der Waals surface area (Å²) in [4.78, 5) is 15.8. The summed E-state index contributed by atoms with van der Waals surface area (Å²) in [5.41, 5.74) is 1.78. The third-order valence-electron chi connectivity index (χ3n) is 5.28. The van der Waals surface area contributed by atoms with Crippen LogP contribution in [0.15, 0.2) is 48.5 Å². The molecule has 162 valence electrons. The van der Waals surface area contributed by atoms with Crippen molar-refractivity contribution in [2.75, 3.05) is 41.7 Å². The van der Waals surface area contributed by atoms with Crippen molar-refractivity contribution in [3.8, 4) is 5.75 Å². The van der Waals surface area contributed by atoms with Gasteiger partial charge in [-0.15, -0.1) is 0 Å². The van der Waals surface area contributed by atoms with E-state index in [4.69, 9.17) is 0 Å². The molecule has 8 heteroatoms. The number of nitrogens with zero attached hydrogens (tertiary/aromatic N) is 4. The number of aromatic nitrogens is 3. The molecule has 0 aliphatic carbocycles. The van der Waals surface area contributed by atoms with Gasteiger partial charge in [0.2, 0.25) is 17.8 Å². The molecular formula is C23H27FN6O. The summed E-state index contributed by atoms with van der Waals surface area (Å²) >= 11 is 0. The summed E-state index contributed by atoms with van der Waals surface area (Å²) in [6.45, 7) is 3.05. The number of anilines is 3. The molecule has 2 heterocycles. The zero-order valence-electron chi connectivity index (χ0n) is 17.4. The van der Waals surface area contributed by atoms with E-state index in [9.17, 15) is 9.50 Å². The number of benzene rings is 2. The van der Waals surface area contributed by atoms with Crippen molar-refractivity contribution in [3.05, 3.63) is 65.5 Å². The highest BCUT2D eigenvalue weighted by Crippen LogP contribution is 2.19. The normalized spacial score (nSPS) is 13.4. The second kappa shape index (κ2) is 10.1. The molecule has 0 saturated carbocycles. The van der Waals surface area contributed by atoms with Crippen LogP contribution >= 0.6 is 0 Å². The minimum absolute atomic E-state index is 0.200. The maximum Gasteiger partial charge on any atom is 0.231 e. The molecule has 1 aromatic heterocycles. The van der Waals surface area contributed by atoms with Crippen LogP contribution in [-0.2, 0) is 12.8 Å². The summed E-state index contributed by atoms with van der Waals surface area (Å²) in [5, 5.41) is 15.9. The standard InChI is InChI=1S/C23H27FN6O/c24-20-6-2-1-5-18(20)12-14-26-22-27-21(28-23(29-22)30-15-3-4-16-30)25-13-11-17-7-9-19(31)10-8-17/h1-2,5-10,31H,3-4,11-16H2,(H2,25,26,27,28,29). The predicted octanol–water partition coefficient (Wildman–Crippen LogP) is 3.63. The first-order valence-electron chi connectivity index (χ1n) is 10.7. The molecular weight excluding hydrogens is 395 g/mol. The largest absolute Gasteiger partial charge is 0.508 e. The van der Waals surface area contributed by atoms with Gasteiger partial charge in [-0.25, -0.2) is 4.39 Å². The zero-order valence-corrected chi connectivity index (χ0v) is 17.4. The third-order valence-corrected chi connectivity index (χ3v) is 5.28. The predicted molar refractivity (Wildman–Crippen MR) is 120 cm³/mol. The number of hydrogen-bond donors (Lipinski definition) is 3. The van der Waals surface area contributed by atoms with Gasteiger partial charge in [-0.3, -0.25) is 0 Å². The topological polar surface area (TPSA) is 86.2 Å². The average Bonchev–Trinajstić information content (AvgIpc) is 3.32. The van der Waals surface area contributed by atoms with E-state index in [-0.39, 0.29) is 11.6 Å². The Bertz CT molecular complexity index is 992. The van der Waals surface area contributed by atoms with Gasteiger partial charge in [-0.2, -0.15) is 15.0 Å². The number of nitrogens with one attached hydrogen (secondary N) is 2. The van der Waals surface area contributed by atoms with Crippen LogP contribution in [0.5, 0.6) is 5.75 Å². The van der Waals surface area contributed by atoms with Crippen LogP contribution in [0.2, 0.25) is 0 Å². The van der Waals surface area contributed by atoms with Gasteiger partial charge in [0.15, 0.2) is 0 Å². The first-order valence-corrected chi connectivity index (χ1v) is 10.7. The number of phenols is 1. The summed E-state index contributed by atoms with van der Waals surface area (Å²) in [6.07, 6.45) is 3.58. The Morgan fingerprint density at radius 1 is 0.839 bits per heavy atom. The molecule has 1 aliphatic heterocycles. The first-order chi connectivity index (χ1) is 15.2. The molecule has 7 nitrogen and oxygen atoms in total. The van der Waals surface area contributed by atoms with E-state index in [2.05, 4.69) is 30.5 Å². The van der Waals surface area contributed by atoms with Crippen molar-refractivity contribution in [1.29, 1.82) is 0 Å². The minimum atomic E-state index is -0.200. The summed E-state index contributed by atoms with van der Waals surface area (Å²) in [5.74, 6) is 1.72. The second-order valence-corrected chi connectivity index (χ2v) is 7.59. The summed E-state index contributed by atoms with van der Waals surface area (Å²) in [6, 6.07) is 13.9. The third kappa shape index (κ3) is 5.81. The highest BCUT2D eigenvalue weighted by Gasteiger charge is 2.17. The van der Waals surface area contributed by atoms with E-state index in [1.165, 1.54) is 6.07 Å². The van der Waals surface area contributed by atoms with Crippen LogP contribution in [0.3, 0.4) is 0 Å². The van der Waals surface area contributed by atoms with Crippen LogP contribution in [-0.4, -0.2) is 46.2 Å². The summed E-state index contributed by atoms with van der Waals surface area (Å²) < 4.78 is 13.8. The lowest BCUT2D eigenvalue weighted by Crippen LogP contribution is -2.23. The van der Waals surface area contributed by atoms with E-state index in [1.807, 2.05) is 18.2 Å². The molecule has 0 unspecified atom stereocenters. The fraction of sp³-hybridized carbons (Fsp3) is 0.348. The Kier molecular flexibility index (Phi) is 6.76. The lowest BCUT2D eigenvalue weighted by Gasteiger charge is -2.17. The molecule has 1 aliphatic rings. The maximum absolute atomic E-state index is 13.8. The van der Waals surface area contributed by atoms with Crippen molar-refractivity contribution >= 4 is 17.8 Å². The Hall–Kier alpha value is -3.42. The van der Waals surface area contributed by atoms with Crippen LogP contribution < -0.4 is 15.5 Å². The molecule has 4 rings (SSSR count). The number of aromatic hydroxyl groups is 1. The lowest BCUT2D eigenvalue weighted by atomic mass is 10.1. The molecule has 0 bridgehead atoms. The van der Waals surface area contributed by atoms with E-state index in [0.717, 1.165) is 37.9 Å². The number of halogens is 1. The fourth-order valence-corrected chi connectivity index (χ4v) is 3.57. The lowest BCUT2D eigenvalue weighted by molar-refractivity contribution is 0.475. The quantitative estimate of drug-likeness (QED) is 0.485. The van der Waals surface area contributed by atoms with Crippen molar-refractivity contribution in [1.82, 2.24) is 15.0 Å². The minimum Gasteiger partial charge on any atom is -0.508 e. The fourth-order valence-electron chi connectivity index (χ4n) is 3.57. The second-order valence-electron chi connectivity index (χ2n) is 7.59. The van der Waals surface area contributed by atoms with Crippen molar-refractivity contribution in [2.45, 2.75) is 25.7 Å². The average molecular weight is 423 g/mol. The van der Waals surface area contributed by atoms with Gasteiger partial charge in [0.25, 0.3) is 0 Å². The van der Waals surface area contributed by atoms with Crippen LogP contribution in [0.25, 0.3) is 0 Å². The first kappa shape index (κ1) is 20.8. The van der Waals surface area contributed by atoms with Gasteiger partial charge in [0.1, 0.15) is 11.6 Å². The molecule has 3 aromatic rings. The molecule has 31 heavy (non-hydrogen) atoms. The molecule has 0 radical (unpaired) electrons. The molecule has 2 aromatic carbocycles. The number of rotatable bonds is 9.